The molecule has 0 saturated carbocycles. The molecule has 0 heterocycles. The molecule has 0 spiro atoms. The van der Waals surface area contributed by atoms with E-state index in [-0.39, 0.29) is 32.2 Å². The van der Waals surface area contributed by atoms with E-state index in [0.29, 0.717) is 23.9 Å². The Morgan fingerprint density at radius 1 is 0.608 bits per heavy atom. The van der Waals surface area contributed by atoms with Crippen LogP contribution < -0.4 is 0 Å². The molecule has 51 heavy (non-hydrogen) atoms. The second-order valence-corrected chi connectivity index (χ2v) is 14.6. The number of allylic oxidation sites excluding steroid dienone is 6. The fourth-order valence-corrected chi connectivity index (χ4v) is 5.26. The van der Waals surface area contributed by atoms with E-state index in [4.69, 9.17) is 18.9 Å². The maximum absolute atomic E-state index is 12.7. The average molecular weight is 723 g/mol. The SMILES string of the molecule is CC/C=C\C/C=C\C/C=C\CCCCCCCC(=O)OC(COC(=O)CCCCCCCCCCCCC)COC(OCC[N+](C)(C)C)C(=O)O. The minimum atomic E-state index is -1.51. The molecule has 296 valence electrons. The van der Waals surface area contributed by atoms with Crippen LogP contribution in [0, 0.1) is 0 Å². The summed E-state index contributed by atoms with van der Waals surface area (Å²) < 4.78 is 22.6. The van der Waals surface area contributed by atoms with Gasteiger partial charge in [-0.3, -0.25) is 9.59 Å². The largest absolute Gasteiger partial charge is 0.477 e. The van der Waals surface area contributed by atoms with Crippen molar-refractivity contribution in [2.75, 3.05) is 47.5 Å². The first kappa shape index (κ1) is 48.5. The normalized spacial score (nSPS) is 13.4. The van der Waals surface area contributed by atoms with Crippen LogP contribution in [0.5, 0.6) is 0 Å². The highest BCUT2D eigenvalue weighted by Gasteiger charge is 2.25. The molecule has 0 aliphatic heterocycles. The number of carboxylic acid groups (broad SMARTS) is 1. The van der Waals surface area contributed by atoms with Gasteiger partial charge in [-0.15, -0.1) is 0 Å². The Morgan fingerprint density at radius 3 is 1.67 bits per heavy atom. The molecule has 0 aliphatic carbocycles. The van der Waals surface area contributed by atoms with E-state index >= 15 is 0 Å². The Bertz CT molecular complexity index is 940. The molecule has 2 atom stereocenters. The summed E-state index contributed by atoms with van der Waals surface area (Å²) >= 11 is 0. The lowest BCUT2D eigenvalue weighted by Crippen LogP contribution is -2.40. The Labute approximate surface area is 311 Å². The van der Waals surface area contributed by atoms with Gasteiger partial charge in [0.25, 0.3) is 6.29 Å². The number of esters is 2. The second kappa shape index (κ2) is 34.6. The minimum absolute atomic E-state index is 0.184. The first-order valence-electron chi connectivity index (χ1n) is 20.2. The molecule has 0 aromatic heterocycles. The van der Waals surface area contributed by atoms with Crippen molar-refractivity contribution in [3.05, 3.63) is 36.5 Å². The third kappa shape index (κ3) is 35.7. The van der Waals surface area contributed by atoms with Gasteiger partial charge < -0.3 is 28.5 Å². The van der Waals surface area contributed by atoms with Crippen molar-refractivity contribution < 1.29 is 42.9 Å². The number of carboxylic acids is 1. The van der Waals surface area contributed by atoms with E-state index in [0.717, 1.165) is 70.6 Å². The number of nitrogens with zero attached hydrogens (tertiary/aromatic N) is 1. The van der Waals surface area contributed by atoms with Crippen LogP contribution in [-0.2, 0) is 33.3 Å². The molecular weight excluding hydrogens is 646 g/mol. The molecule has 9 nitrogen and oxygen atoms in total. The summed E-state index contributed by atoms with van der Waals surface area (Å²) in [7, 11) is 5.94. The van der Waals surface area contributed by atoms with Crippen LogP contribution in [0.1, 0.15) is 155 Å². The molecule has 0 aromatic carbocycles. The number of rotatable bonds is 36. The zero-order valence-corrected chi connectivity index (χ0v) is 33.3. The number of ether oxygens (including phenoxy) is 4. The number of quaternary nitrogens is 1. The fourth-order valence-electron chi connectivity index (χ4n) is 5.26. The van der Waals surface area contributed by atoms with Crippen LogP contribution in [0.2, 0.25) is 0 Å². The minimum Gasteiger partial charge on any atom is -0.477 e. The standard InChI is InChI=1S/C42H75NO8/c1-6-8-10-12-14-16-18-19-20-21-23-25-27-29-31-33-40(45)51-38(37-50-42(41(46)47)48-35-34-43(3,4)5)36-49-39(44)32-30-28-26-24-22-17-15-13-11-9-7-2/h8,10,14,16,19-20,38,42H,6-7,9,11-13,15,17-18,21-37H2,1-5H3/p+1/b10-8-,16-14-,20-19-. The van der Waals surface area contributed by atoms with Gasteiger partial charge >= 0.3 is 17.9 Å². The highest BCUT2D eigenvalue weighted by molar-refractivity contribution is 5.71. The molecular formula is C42H76NO8+. The first-order valence-corrected chi connectivity index (χ1v) is 20.2. The summed E-state index contributed by atoms with van der Waals surface area (Å²) in [6.45, 7) is 4.71. The maximum Gasteiger partial charge on any atom is 0.361 e. The average Bonchev–Trinajstić information content (AvgIpc) is 3.08. The van der Waals surface area contributed by atoms with Gasteiger partial charge in [-0.25, -0.2) is 4.79 Å². The molecule has 0 bridgehead atoms. The maximum atomic E-state index is 12.7. The highest BCUT2D eigenvalue weighted by Crippen LogP contribution is 2.13. The van der Waals surface area contributed by atoms with Crippen molar-refractivity contribution >= 4 is 17.9 Å². The number of carbonyl (C=O) groups excluding carboxylic acids is 2. The third-order valence-corrected chi connectivity index (χ3v) is 8.41. The molecule has 0 saturated heterocycles. The van der Waals surface area contributed by atoms with Crippen molar-refractivity contribution in [2.45, 2.75) is 167 Å². The van der Waals surface area contributed by atoms with Crippen LogP contribution in [0.4, 0.5) is 0 Å². The van der Waals surface area contributed by atoms with E-state index in [1.165, 1.54) is 51.4 Å². The van der Waals surface area contributed by atoms with E-state index in [1.807, 2.05) is 21.1 Å². The molecule has 0 aliphatic rings. The van der Waals surface area contributed by atoms with Crippen LogP contribution in [-0.4, -0.2) is 87.4 Å². The van der Waals surface area contributed by atoms with Crippen LogP contribution in [0.3, 0.4) is 0 Å². The van der Waals surface area contributed by atoms with E-state index < -0.39 is 24.3 Å². The van der Waals surface area contributed by atoms with Gasteiger partial charge in [0.15, 0.2) is 6.10 Å². The first-order chi connectivity index (χ1) is 24.6. The molecule has 2 unspecified atom stereocenters. The molecule has 0 aromatic rings. The number of hydrogen-bond donors (Lipinski definition) is 1. The smallest absolute Gasteiger partial charge is 0.361 e. The zero-order chi connectivity index (χ0) is 37.8. The monoisotopic (exact) mass is 723 g/mol. The highest BCUT2D eigenvalue weighted by atomic mass is 16.7. The molecule has 1 N–H and O–H groups in total. The predicted molar refractivity (Wildman–Crippen MR) is 207 cm³/mol. The fraction of sp³-hybridized carbons (Fsp3) is 0.786. The lowest BCUT2D eigenvalue weighted by molar-refractivity contribution is -0.870. The summed E-state index contributed by atoms with van der Waals surface area (Å²) in [6.07, 6.45) is 33.4. The Balaban J connectivity index is 4.54. The quantitative estimate of drug-likeness (QED) is 0.0224. The van der Waals surface area contributed by atoms with E-state index in [2.05, 4.69) is 50.3 Å². The van der Waals surface area contributed by atoms with Crippen molar-refractivity contribution in [2.24, 2.45) is 0 Å². The molecule has 9 heteroatoms. The van der Waals surface area contributed by atoms with Gasteiger partial charge in [-0.2, -0.15) is 0 Å². The van der Waals surface area contributed by atoms with Crippen LogP contribution >= 0.6 is 0 Å². The van der Waals surface area contributed by atoms with Gasteiger partial charge in [-0.1, -0.05) is 134 Å². The number of carbonyl (C=O) groups is 3. The topological polar surface area (TPSA) is 108 Å². The molecule has 0 amide bonds. The number of unbranched alkanes of at least 4 members (excludes halogenated alkanes) is 15. The van der Waals surface area contributed by atoms with Crippen molar-refractivity contribution in [1.29, 1.82) is 0 Å². The van der Waals surface area contributed by atoms with Gasteiger partial charge in [-0.05, 0) is 44.9 Å². The predicted octanol–water partition coefficient (Wildman–Crippen LogP) is 9.88. The second-order valence-electron chi connectivity index (χ2n) is 14.6. The summed E-state index contributed by atoms with van der Waals surface area (Å²) in [4.78, 5) is 36.9. The van der Waals surface area contributed by atoms with Gasteiger partial charge in [0, 0.05) is 12.8 Å². The molecule has 0 rings (SSSR count). The molecule has 0 radical (unpaired) electrons. The van der Waals surface area contributed by atoms with E-state index in [1.54, 1.807) is 0 Å². The number of aliphatic carboxylic acids is 1. The van der Waals surface area contributed by atoms with Gasteiger partial charge in [0.05, 0.1) is 34.4 Å². The van der Waals surface area contributed by atoms with Gasteiger partial charge in [0.2, 0.25) is 0 Å². The zero-order valence-electron chi connectivity index (χ0n) is 33.3. The summed E-state index contributed by atoms with van der Waals surface area (Å²) in [5, 5.41) is 9.59. The Kier molecular flexibility index (Phi) is 32.9. The number of hydrogen-bond acceptors (Lipinski definition) is 7. The lowest BCUT2D eigenvalue weighted by Gasteiger charge is -2.25. The Morgan fingerprint density at radius 2 is 1.12 bits per heavy atom. The van der Waals surface area contributed by atoms with Crippen LogP contribution in [0.25, 0.3) is 0 Å². The summed E-state index contributed by atoms with van der Waals surface area (Å²) in [5.41, 5.74) is 0. The molecule has 0 fully saturated rings. The van der Waals surface area contributed by atoms with Crippen LogP contribution in [0.15, 0.2) is 36.5 Å². The van der Waals surface area contributed by atoms with Crippen molar-refractivity contribution in [3.63, 3.8) is 0 Å². The Hall–Kier alpha value is -2.49. The van der Waals surface area contributed by atoms with Crippen molar-refractivity contribution in [1.82, 2.24) is 0 Å². The van der Waals surface area contributed by atoms with Gasteiger partial charge in [0.1, 0.15) is 13.2 Å². The lowest BCUT2D eigenvalue weighted by atomic mass is 10.1. The number of likely N-dealkylation sites (N-methyl/N-ethyl adjacent to an activating group) is 1. The van der Waals surface area contributed by atoms with E-state index in [9.17, 15) is 19.5 Å². The third-order valence-electron chi connectivity index (χ3n) is 8.41. The summed E-state index contributed by atoms with van der Waals surface area (Å²) in [6, 6.07) is 0. The summed E-state index contributed by atoms with van der Waals surface area (Å²) in [5.74, 6) is -2.03. The van der Waals surface area contributed by atoms with Crippen molar-refractivity contribution in [3.8, 4) is 0 Å².